The molecule has 2 heterocycles. The maximum absolute atomic E-state index is 5.73. The normalized spacial score (nSPS) is 16.1. The number of methoxy groups -OCH3 is 1. The van der Waals surface area contributed by atoms with E-state index in [1.54, 1.807) is 19.5 Å². The first-order valence-electron chi connectivity index (χ1n) is 4.36. The summed E-state index contributed by atoms with van der Waals surface area (Å²) in [5.41, 5.74) is 0. The highest BCUT2D eigenvalue weighted by atomic mass is 79.9. The van der Waals surface area contributed by atoms with Crippen LogP contribution in [0.25, 0.3) is 0 Å². The van der Waals surface area contributed by atoms with Gasteiger partial charge in [-0.05, 0) is 15.9 Å². The Bertz CT molecular complexity index is 329. The van der Waals surface area contributed by atoms with Crippen LogP contribution in [0, 0.1) is 0 Å². The molecule has 0 amide bonds. The van der Waals surface area contributed by atoms with Crippen molar-refractivity contribution in [3.05, 3.63) is 16.9 Å². The topological polar surface area (TPSA) is 43.4 Å². The van der Waals surface area contributed by atoms with E-state index < -0.39 is 0 Å². The number of pyridine rings is 1. The van der Waals surface area contributed by atoms with E-state index in [1.165, 1.54) is 0 Å². The Kier molecular flexibility index (Phi) is 2.88. The number of halogens is 1. The molecule has 0 aromatic carbocycles. The molecule has 4 nitrogen and oxygen atoms in total. The van der Waals surface area contributed by atoms with Crippen molar-refractivity contribution in [2.45, 2.75) is 6.10 Å². The van der Waals surface area contributed by atoms with Gasteiger partial charge in [0, 0.05) is 19.3 Å². The molecule has 1 N–H and O–H groups in total. The third-order valence-electron chi connectivity index (χ3n) is 2.07. The lowest BCUT2D eigenvalue weighted by molar-refractivity contribution is 0.136. The predicted molar refractivity (Wildman–Crippen MR) is 55.8 cm³/mol. The van der Waals surface area contributed by atoms with Gasteiger partial charge in [-0.2, -0.15) is 0 Å². The molecular weight excluding hydrogens is 248 g/mol. The van der Waals surface area contributed by atoms with E-state index in [1.807, 2.05) is 0 Å². The van der Waals surface area contributed by atoms with Crippen molar-refractivity contribution in [3.63, 3.8) is 0 Å². The minimum atomic E-state index is 0.239. The molecule has 5 heteroatoms. The van der Waals surface area contributed by atoms with Crippen LogP contribution in [-0.4, -0.2) is 31.3 Å². The second kappa shape index (κ2) is 4.14. The summed E-state index contributed by atoms with van der Waals surface area (Å²) in [7, 11) is 1.61. The number of aromatic nitrogens is 1. The van der Waals surface area contributed by atoms with Crippen LogP contribution in [0.2, 0.25) is 0 Å². The quantitative estimate of drug-likeness (QED) is 0.885. The molecule has 0 radical (unpaired) electrons. The molecule has 76 valence electrons. The van der Waals surface area contributed by atoms with E-state index in [0.29, 0.717) is 5.75 Å². The van der Waals surface area contributed by atoms with Crippen molar-refractivity contribution in [1.29, 1.82) is 0 Å². The number of nitrogens with zero attached hydrogens (tertiary/aromatic N) is 1. The molecule has 1 saturated heterocycles. The van der Waals surface area contributed by atoms with E-state index in [-0.39, 0.29) is 6.10 Å². The smallest absolute Gasteiger partial charge is 0.180 e. The van der Waals surface area contributed by atoms with Crippen molar-refractivity contribution in [2.24, 2.45) is 0 Å². The fourth-order valence-electron chi connectivity index (χ4n) is 1.18. The van der Waals surface area contributed by atoms with E-state index in [2.05, 4.69) is 26.2 Å². The van der Waals surface area contributed by atoms with Crippen LogP contribution < -0.4 is 14.8 Å². The minimum absolute atomic E-state index is 0.239. The van der Waals surface area contributed by atoms with Gasteiger partial charge in [0.05, 0.1) is 17.8 Å². The van der Waals surface area contributed by atoms with Gasteiger partial charge in [0.2, 0.25) is 0 Å². The fourth-order valence-corrected chi connectivity index (χ4v) is 1.58. The van der Waals surface area contributed by atoms with Crippen molar-refractivity contribution in [3.8, 4) is 11.5 Å². The van der Waals surface area contributed by atoms with Gasteiger partial charge in [-0.25, -0.2) is 0 Å². The summed E-state index contributed by atoms with van der Waals surface area (Å²) in [4.78, 5) is 4.00. The summed E-state index contributed by atoms with van der Waals surface area (Å²) in [6.07, 6.45) is 3.58. The predicted octanol–water partition coefficient (Wildman–Crippen LogP) is 1.20. The van der Waals surface area contributed by atoms with Gasteiger partial charge in [-0.1, -0.05) is 0 Å². The van der Waals surface area contributed by atoms with E-state index in [4.69, 9.17) is 9.47 Å². The lowest BCUT2D eigenvalue weighted by Gasteiger charge is -2.28. The molecule has 0 spiro atoms. The van der Waals surface area contributed by atoms with Gasteiger partial charge in [0.15, 0.2) is 11.5 Å². The maximum Gasteiger partial charge on any atom is 0.180 e. The zero-order chi connectivity index (χ0) is 9.97. The molecule has 0 unspecified atom stereocenters. The van der Waals surface area contributed by atoms with E-state index >= 15 is 0 Å². The average molecular weight is 259 g/mol. The largest absolute Gasteiger partial charge is 0.491 e. The first-order valence-corrected chi connectivity index (χ1v) is 5.15. The lowest BCUT2D eigenvalue weighted by Crippen LogP contribution is -2.50. The zero-order valence-electron chi connectivity index (χ0n) is 7.79. The number of ether oxygens (including phenoxy) is 2. The molecule has 0 aliphatic carbocycles. The minimum Gasteiger partial charge on any atom is -0.491 e. The SMILES string of the molecule is COc1cncc(Br)c1OC1CNC1. The Morgan fingerprint density at radius 3 is 2.86 bits per heavy atom. The summed E-state index contributed by atoms with van der Waals surface area (Å²) >= 11 is 3.38. The molecule has 0 atom stereocenters. The number of rotatable bonds is 3. The van der Waals surface area contributed by atoms with Crippen LogP contribution in [0.5, 0.6) is 11.5 Å². The Balaban J connectivity index is 2.19. The lowest BCUT2D eigenvalue weighted by atomic mass is 10.2. The highest BCUT2D eigenvalue weighted by molar-refractivity contribution is 9.10. The summed E-state index contributed by atoms with van der Waals surface area (Å²) in [5, 5.41) is 3.14. The van der Waals surface area contributed by atoms with Gasteiger partial charge in [0.25, 0.3) is 0 Å². The van der Waals surface area contributed by atoms with Crippen LogP contribution in [-0.2, 0) is 0 Å². The molecule has 1 fully saturated rings. The standard InChI is InChI=1S/C9H11BrN2O2/c1-13-8-5-12-4-7(10)9(8)14-6-2-11-3-6/h4-6,11H,2-3H2,1H3. The third kappa shape index (κ3) is 1.83. The second-order valence-electron chi connectivity index (χ2n) is 3.05. The summed E-state index contributed by atoms with van der Waals surface area (Å²) in [6, 6.07) is 0. The van der Waals surface area contributed by atoms with Gasteiger partial charge in [0.1, 0.15) is 6.10 Å². The number of hydrogen-bond acceptors (Lipinski definition) is 4. The summed E-state index contributed by atoms with van der Waals surface area (Å²) in [6.45, 7) is 1.77. The Labute approximate surface area is 90.7 Å². The Morgan fingerprint density at radius 2 is 2.29 bits per heavy atom. The number of nitrogens with one attached hydrogen (secondary N) is 1. The van der Waals surface area contributed by atoms with Crippen molar-refractivity contribution >= 4 is 15.9 Å². The van der Waals surface area contributed by atoms with Crippen molar-refractivity contribution < 1.29 is 9.47 Å². The molecule has 0 saturated carbocycles. The molecule has 14 heavy (non-hydrogen) atoms. The highest BCUT2D eigenvalue weighted by Gasteiger charge is 2.21. The van der Waals surface area contributed by atoms with Gasteiger partial charge >= 0.3 is 0 Å². The molecule has 1 aliphatic heterocycles. The Hall–Kier alpha value is -0.810. The summed E-state index contributed by atoms with van der Waals surface area (Å²) < 4.78 is 11.7. The first-order chi connectivity index (χ1) is 6.81. The first kappa shape index (κ1) is 9.73. The van der Waals surface area contributed by atoms with Crippen LogP contribution in [0.4, 0.5) is 0 Å². The average Bonchev–Trinajstić information content (AvgIpc) is 2.12. The third-order valence-corrected chi connectivity index (χ3v) is 2.63. The monoisotopic (exact) mass is 258 g/mol. The fraction of sp³-hybridized carbons (Fsp3) is 0.444. The molecule has 2 rings (SSSR count). The Morgan fingerprint density at radius 1 is 1.50 bits per heavy atom. The molecule has 1 aliphatic rings. The van der Waals surface area contributed by atoms with Gasteiger partial charge < -0.3 is 14.8 Å². The van der Waals surface area contributed by atoms with Crippen molar-refractivity contribution in [1.82, 2.24) is 10.3 Å². The van der Waals surface area contributed by atoms with Gasteiger partial charge in [-0.15, -0.1) is 0 Å². The molecule has 1 aromatic rings. The van der Waals surface area contributed by atoms with Crippen LogP contribution in [0.3, 0.4) is 0 Å². The number of hydrogen-bond donors (Lipinski definition) is 1. The van der Waals surface area contributed by atoms with E-state index in [0.717, 1.165) is 23.3 Å². The summed E-state index contributed by atoms with van der Waals surface area (Å²) in [5.74, 6) is 1.39. The maximum atomic E-state index is 5.73. The molecule has 1 aromatic heterocycles. The highest BCUT2D eigenvalue weighted by Crippen LogP contribution is 2.34. The van der Waals surface area contributed by atoms with Gasteiger partial charge in [-0.3, -0.25) is 4.98 Å². The van der Waals surface area contributed by atoms with Crippen LogP contribution in [0.15, 0.2) is 16.9 Å². The van der Waals surface area contributed by atoms with Crippen LogP contribution in [0.1, 0.15) is 0 Å². The van der Waals surface area contributed by atoms with Crippen LogP contribution >= 0.6 is 15.9 Å². The van der Waals surface area contributed by atoms with Crippen molar-refractivity contribution in [2.75, 3.05) is 20.2 Å². The zero-order valence-corrected chi connectivity index (χ0v) is 9.37. The molecular formula is C9H11BrN2O2. The van der Waals surface area contributed by atoms with E-state index in [9.17, 15) is 0 Å². The molecule has 0 bridgehead atoms. The second-order valence-corrected chi connectivity index (χ2v) is 3.91.